The molecule has 0 atom stereocenters. The molecule has 4 heteroatoms. The Labute approximate surface area is 92.7 Å². The molecule has 1 saturated carbocycles. The van der Waals surface area contributed by atoms with Crippen LogP contribution in [0.5, 0.6) is 0 Å². The smallest absolute Gasteiger partial charge is 0.252 e. The Bertz CT molecular complexity index is 409. The quantitative estimate of drug-likeness (QED) is 0.823. The molecule has 0 aliphatic heterocycles. The van der Waals surface area contributed by atoms with E-state index in [1.807, 2.05) is 13.0 Å². The minimum Gasteiger partial charge on any atom is -0.349 e. The summed E-state index contributed by atoms with van der Waals surface area (Å²) < 4.78 is 25.1. The van der Waals surface area contributed by atoms with Crippen LogP contribution in [0, 0.1) is 6.92 Å². The molecule has 1 aliphatic rings. The van der Waals surface area contributed by atoms with E-state index in [1.165, 1.54) is 0 Å². The van der Waals surface area contributed by atoms with Crippen molar-refractivity contribution in [3.63, 3.8) is 0 Å². The van der Waals surface area contributed by atoms with Crippen LogP contribution in [-0.2, 0) is 0 Å². The van der Waals surface area contributed by atoms with Gasteiger partial charge in [0.15, 0.2) is 0 Å². The summed E-state index contributed by atoms with van der Waals surface area (Å²) >= 11 is 0. The van der Waals surface area contributed by atoms with Crippen LogP contribution in [-0.4, -0.2) is 17.9 Å². The number of nitrogens with one attached hydrogen (secondary N) is 1. The number of carbonyl (C=O) groups is 1. The average Bonchev–Trinajstić information content (AvgIpc) is 2.14. The van der Waals surface area contributed by atoms with Crippen molar-refractivity contribution < 1.29 is 13.6 Å². The molecule has 1 N–H and O–H groups in total. The van der Waals surface area contributed by atoms with E-state index in [-0.39, 0.29) is 24.8 Å². The van der Waals surface area contributed by atoms with E-state index >= 15 is 0 Å². The molecule has 0 saturated heterocycles. The fraction of sp³-hybridized carbons (Fsp3) is 0.417. The first-order valence-corrected chi connectivity index (χ1v) is 5.22. The number of carbonyl (C=O) groups excluding carboxylic acids is 1. The first kappa shape index (κ1) is 11.0. The minimum absolute atomic E-state index is 0.245. The van der Waals surface area contributed by atoms with Crippen LogP contribution >= 0.6 is 0 Å². The fourth-order valence-corrected chi connectivity index (χ4v) is 1.82. The number of hydrogen-bond acceptors (Lipinski definition) is 1. The van der Waals surface area contributed by atoms with Gasteiger partial charge in [0.25, 0.3) is 11.8 Å². The predicted molar refractivity (Wildman–Crippen MR) is 56.6 cm³/mol. The van der Waals surface area contributed by atoms with Crippen LogP contribution in [0.4, 0.5) is 8.78 Å². The lowest BCUT2D eigenvalue weighted by Gasteiger charge is -2.35. The summed E-state index contributed by atoms with van der Waals surface area (Å²) in [5.41, 5.74) is 1.50. The third-order valence-electron chi connectivity index (χ3n) is 2.71. The van der Waals surface area contributed by atoms with Gasteiger partial charge in [-0.05, 0) is 19.1 Å². The first-order valence-electron chi connectivity index (χ1n) is 5.22. The zero-order chi connectivity index (χ0) is 11.8. The Morgan fingerprint density at radius 3 is 2.69 bits per heavy atom. The number of amides is 1. The first-order chi connectivity index (χ1) is 7.46. The van der Waals surface area contributed by atoms with Crippen molar-refractivity contribution in [2.75, 3.05) is 0 Å². The summed E-state index contributed by atoms with van der Waals surface area (Å²) in [6.07, 6.45) is -0.491. The molecule has 2 nitrogen and oxygen atoms in total. The fourth-order valence-electron chi connectivity index (χ4n) is 1.82. The zero-order valence-corrected chi connectivity index (χ0v) is 8.97. The van der Waals surface area contributed by atoms with Crippen molar-refractivity contribution in [2.45, 2.75) is 31.7 Å². The second-order valence-corrected chi connectivity index (χ2v) is 4.30. The second kappa shape index (κ2) is 3.85. The summed E-state index contributed by atoms with van der Waals surface area (Å²) in [7, 11) is 0. The Balaban J connectivity index is 1.94. The van der Waals surface area contributed by atoms with E-state index in [0.29, 0.717) is 5.56 Å². The molecule has 1 aliphatic carbocycles. The number of rotatable bonds is 2. The van der Waals surface area contributed by atoms with Gasteiger partial charge in [-0.1, -0.05) is 17.7 Å². The van der Waals surface area contributed by atoms with Gasteiger partial charge in [0.05, 0.1) is 0 Å². The number of aryl methyl sites for hydroxylation is 1. The van der Waals surface area contributed by atoms with E-state index < -0.39 is 5.92 Å². The molecule has 0 unspecified atom stereocenters. The minimum atomic E-state index is -2.59. The van der Waals surface area contributed by atoms with E-state index in [9.17, 15) is 13.6 Å². The largest absolute Gasteiger partial charge is 0.349 e. The second-order valence-electron chi connectivity index (χ2n) is 4.30. The summed E-state index contributed by atoms with van der Waals surface area (Å²) in [4.78, 5) is 11.7. The van der Waals surface area contributed by atoms with Gasteiger partial charge in [-0.2, -0.15) is 0 Å². The third kappa shape index (κ3) is 2.38. The summed E-state index contributed by atoms with van der Waals surface area (Å²) in [5.74, 6) is -2.87. The molecule has 1 fully saturated rings. The monoisotopic (exact) mass is 225 g/mol. The van der Waals surface area contributed by atoms with Crippen LogP contribution < -0.4 is 5.32 Å². The topological polar surface area (TPSA) is 29.1 Å². The third-order valence-corrected chi connectivity index (χ3v) is 2.71. The van der Waals surface area contributed by atoms with Crippen molar-refractivity contribution in [1.29, 1.82) is 0 Å². The Morgan fingerprint density at radius 1 is 1.44 bits per heavy atom. The molecular formula is C12H13F2NO. The van der Waals surface area contributed by atoms with E-state index in [1.54, 1.807) is 18.2 Å². The highest BCUT2D eigenvalue weighted by Crippen LogP contribution is 2.37. The molecule has 1 aromatic rings. The van der Waals surface area contributed by atoms with E-state index in [4.69, 9.17) is 0 Å². The summed E-state index contributed by atoms with van der Waals surface area (Å²) in [5, 5.41) is 2.60. The lowest BCUT2D eigenvalue weighted by Crippen LogP contribution is -2.50. The maximum Gasteiger partial charge on any atom is 0.252 e. The van der Waals surface area contributed by atoms with Gasteiger partial charge >= 0.3 is 0 Å². The molecule has 1 amide bonds. The van der Waals surface area contributed by atoms with Gasteiger partial charge in [-0.3, -0.25) is 4.79 Å². The molecule has 1 aromatic carbocycles. The number of halogens is 2. The van der Waals surface area contributed by atoms with Gasteiger partial charge in [0.1, 0.15) is 0 Å². The van der Waals surface area contributed by atoms with Gasteiger partial charge in [0.2, 0.25) is 0 Å². The lowest BCUT2D eigenvalue weighted by atomic mass is 9.88. The Kier molecular flexibility index (Phi) is 2.66. The molecule has 86 valence electrons. The number of benzene rings is 1. The van der Waals surface area contributed by atoms with Crippen molar-refractivity contribution in [3.05, 3.63) is 35.4 Å². The van der Waals surface area contributed by atoms with Crippen LogP contribution in [0.2, 0.25) is 0 Å². The molecule has 0 bridgehead atoms. The van der Waals surface area contributed by atoms with Gasteiger partial charge in [-0.15, -0.1) is 0 Å². The number of alkyl halides is 2. The Morgan fingerprint density at radius 2 is 2.12 bits per heavy atom. The van der Waals surface area contributed by atoms with E-state index in [0.717, 1.165) is 5.56 Å². The highest BCUT2D eigenvalue weighted by Gasteiger charge is 2.45. The van der Waals surface area contributed by atoms with Crippen LogP contribution in [0.15, 0.2) is 24.3 Å². The SMILES string of the molecule is Cc1cccc(C(=O)NC2CC(F)(F)C2)c1. The standard InChI is InChI=1S/C12H13F2NO/c1-8-3-2-4-9(5-8)11(16)15-10-6-12(13,14)7-10/h2-5,10H,6-7H2,1H3,(H,15,16). The zero-order valence-electron chi connectivity index (χ0n) is 8.97. The predicted octanol–water partition coefficient (Wildman–Crippen LogP) is 2.52. The molecular weight excluding hydrogens is 212 g/mol. The lowest BCUT2D eigenvalue weighted by molar-refractivity contribution is -0.0901. The average molecular weight is 225 g/mol. The van der Waals surface area contributed by atoms with Gasteiger partial charge < -0.3 is 5.32 Å². The molecule has 16 heavy (non-hydrogen) atoms. The highest BCUT2D eigenvalue weighted by atomic mass is 19.3. The normalized spacial score (nSPS) is 18.9. The summed E-state index contributed by atoms with van der Waals surface area (Å²) in [6.45, 7) is 1.88. The van der Waals surface area contributed by atoms with Crippen molar-refractivity contribution in [3.8, 4) is 0 Å². The van der Waals surface area contributed by atoms with Gasteiger partial charge in [-0.25, -0.2) is 8.78 Å². The highest BCUT2D eigenvalue weighted by molar-refractivity contribution is 5.94. The van der Waals surface area contributed by atoms with E-state index in [2.05, 4.69) is 5.32 Å². The van der Waals surface area contributed by atoms with Crippen molar-refractivity contribution >= 4 is 5.91 Å². The Hall–Kier alpha value is -1.45. The molecule has 0 radical (unpaired) electrons. The van der Waals surface area contributed by atoms with Gasteiger partial charge in [0, 0.05) is 24.4 Å². The van der Waals surface area contributed by atoms with Crippen LogP contribution in [0.25, 0.3) is 0 Å². The maximum atomic E-state index is 12.6. The molecule has 0 aromatic heterocycles. The number of hydrogen-bond donors (Lipinski definition) is 1. The molecule has 0 spiro atoms. The maximum absolute atomic E-state index is 12.6. The van der Waals surface area contributed by atoms with Crippen molar-refractivity contribution in [2.24, 2.45) is 0 Å². The molecule has 2 rings (SSSR count). The summed E-state index contributed by atoms with van der Waals surface area (Å²) in [6, 6.07) is 6.70. The molecule has 0 heterocycles. The van der Waals surface area contributed by atoms with Crippen molar-refractivity contribution in [1.82, 2.24) is 5.32 Å². The van der Waals surface area contributed by atoms with Crippen LogP contribution in [0.1, 0.15) is 28.8 Å². The van der Waals surface area contributed by atoms with Crippen LogP contribution in [0.3, 0.4) is 0 Å².